The molecule has 0 aliphatic carbocycles. The normalized spacial score (nSPS) is 22.9. The molecule has 1 fully saturated rings. The molecule has 29 heavy (non-hydrogen) atoms. The summed E-state index contributed by atoms with van der Waals surface area (Å²) in [4.78, 5) is 12.5. The van der Waals surface area contributed by atoms with E-state index in [1.165, 1.54) is 0 Å². The van der Waals surface area contributed by atoms with Gasteiger partial charge in [-0.25, -0.2) is 4.79 Å². The van der Waals surface area contributed by atoms with Gasteiger partial charge in [-0.15, -0.1) is 0 Å². The van der Waals surface area contributed by atoms with Crippen LogP contribution in [0.1, 0.15) is 47.1 Å². The molecule has 1 heterocycles. The van der Waals surface area contributed by atoms with E-state index in [4.69, 9.17) is 18.6 Å². The van der Waals surface area contributed by atoms with E-state index in [1.807, 2.05) is 51.1 Å². The molecular formula is C22H37NO5Si. The Bertz CT molecular complexity index is 672. The topological polar surface area (TPSA) is 66.0 Å². The van der Waals surface area contributed by atoms with Crippen molar-refractivity contribution in [3.63, 3.8) is 0 Å². The molecule has 1 amide bonds. The molecule has 1 aromatic rings. The van der Waals surface area contributed by atoms with Gasteiger partial charge in [-0.3, -0.25) is 0 Å². The zero-order valence-electron chi connectivity index (χ0n) is 19.1. The summed E-state index contributed by atoms with van der Waals surface area (Å²) in [6.07, 6.45) is -0.982. The maximum absolute atomic E-state index is 12.5. The van der Waals surface area contributed by atoms with Gasteiger partial charge in [0.15, 0.2) is 14.1 Å². The summed E-state index contributed by atoms with van der Waals surface area (Å²) in [5.74, 6) is -0.699. The van der Waals surface area contributed by atoms with E-state index in [1.54, 1.807) is 0 Å². The fourth-order valence-corrected chi connectivity index (χ4v) is 4.05. The van der Waals surface area contributed by atoms with E-state index in [9.17, 15) is 4.79 Å². The predicted octanol–water partition coefficient (Wildman–Crippen LogP) is 4.84. The van der Waals surface area contributed by atoms with Gasteiger partial charge in [0.2, 0.25) is 0 Å². The second-order valence-corrected chi connectivity index (χ2v) is 14.5. The first kappa shape index (κ1) is 23.9. The third-order valence-corrected chi connectivity index (χ3v) is 10.2. The zero-order chi connectivity index (χ0) is 21.9. The lowest BCUT2D eigenvalue weighted by Crippen LogP contribution is -2.53. The molecule has 0 aromatic heterocycles. The average Bonchev–Trinajstić information content (AvgIpc) is 2.89. The Morgan fingerprint density at radius 1 is 1.21 bits per heavy atom. The standard InChI is InChI=1S/C22H37NO5Si/c1-16-19(28-22(5,6)27-16)18(15-26-29(7,8)21(2,3)4)23-20(24)25-14-17-12-10-9-11-13-17/h9-13,16,18-19H,14-15H2,1-8H3,(H,23,24)/t16-,18+,19-/m1/s1. The summed E-state index contributed by atoms with van der Waals surface area (Å²) in [6, 6.07) is 9.23. The van der Waals surface area contributed by atoms with Crippen molar-refractivity contribution in [2.24, 2.45) is 0 Å². The molecule has 1 aromatic carbocycles. The molecule has 1 N–H and O–H groups in total. The predicted molar refractivity (Wildman–Crippen MR) is 116 cm³/mol. The fourth-order valence-electron chi connectivity index (χ4n) is 3.02. The van der Waals surface area contributed by atoms with Crippen LogP contribution in [0.2, 0.25) is 18.1 Å². The van der Waals surface area contributed by atoms with Crippen LogP contribution in [0, 0.1) is 0 Å². The van der Waals surface area contributed by atoms with Crippen molar-refractivity contribution in [1.29, 1.82) is 0 Å². The van der Waals surface area contributed by atoms with Gasteiger partial charge < -0.3 is 24.0 Å². The van der Waals surface area contributed by atoms with Crippen molar-refractivity contribution in [3.05, 3.63) is 35.9 Å². The number of benzene rings is 1. The molecule has 0 radical (unpaired) electrons. The van der Waals surface area contributed by atoms with E-state index >= 15 is 0 Å². The van der Waals surface area contributed by atoms with Crippen LogP contribution < -0.4 is 5.32 Å². The zero-order valence-corrected chi connectivity index (χ0v) is 20.1. The minimum absolute atomic E-state index is 0.0727. The number of amides is 1. The van der Waals surface area contributed by atoms with E-state index < -0.39 is 20.2 Å². The quantitative estimate of drug-likeness (QED) is 0.636. The third-order valence-electron chi connectivity index (χ3n) is 5.69. The van der Waals surface area contributed by atoms with Crippen LogP contribution in [-0.4, -0.2) is 45.1 Å². The van der Waals surface area contributed by atoms with E-state index in [-0.39, 0.29) is 29.9 Å². The van der Waals surface area contributed by atoms with Crippen LogP contribution >= 0.6 is 0 Å². The first-order valence-electron chi connectivity index (χ1n) is 10.3. The molecule has 6 nitrogen and oxygen atoms in total. The largest absolute Gasteiger partial charge is 0.445 e. The van der Waals surface area contributed by atoms with Gasteiger partial charge in [-0.2, -0.15) is 0 Å². The van der Waals surface area contributed by atoms with Gasteiger partial charge in [0.05, 0.1) is 18.8 Å². The first-order valence-corrected chi connectivity index (χ1v) is 13.2. The molecule has 1 aliphatic heterocycles. The number of carbonyl (C=O) groups is 1. The summed E-state index contributed by atoms with van der Waals surface area (Å²) in [7, 11) is -1.99. The molecule has 3 atom stereocenters. The smallest absolute Gasteiger partial charge is 0.407 e. The Morgan fingerprint density at radius 3 is 2.34 bits per heavy atom. The third kappa shape index (κ3) is 6.81. The molecule has 0 saturated carbocycles. The highest BCUT2D eigenvalue weighted by molar-refractivity contribution is 6.74. The number of ether oxygens (including phenoxy) is 3. The van der Waals surface area contributed by atoms with Crippen LogP contribution in [0.25, 0.3) is 0 Å². The summed E-state index contributed by atoms with van der Waals surface area (Å²) in [5, 5.41) is 3.03. The Morgan fingerprint density at radius 2 is 1.83 bits per heavy atom. The van der Waals surface area contributed by atoms with E-state index in [2.05, 4.69) is 39.2 Å². The van der Waals surface area contributed by atoms with Crippen LogP contribution in [0.3, 0.4) is 0 Å². The number of carbonyl (C=O) groups excluding carboxylic acids is 1. The average molecular weight is 424 g/mol. The minimum atomic E-state index is -1.99. The summed E-state index contributed by atoms with van der Waals surface area (Å²) < 4.78 is 23.8. The van der Waals surface area contributed by atoms with Gasteiger partial charge in [-0.1, -0.05) is 51.1 Å². The maximum Gasteiger partial charge on any atom is 0.407 e. The Kier molecular flexibility index (Phi) is 7.54. The number of nitrogens with one attached hydrogen (secondary N) is 1. The molecule has 2 rings (SSSR count). The Balaban J connectivity index is 2.05. The summed E-state index contributed by atoms with van der Waals surface area (Å²) in [6.45, 7) is 17.2. The van der Waals surface area contributed by atoms with Crippen molar-refractivity contribution in [1.82, 2.24) is 5.32 Å². The van der Waals surface area contributed by atoms with Gasteiger partial charge >= 0.3 is 6.09 Å². The SMILES string of the molecule is C[C@H]1OC(C)(C)O[C@H]1[C@H](CO[Si](C)(C)C(C)(C)C)NC(=O)OCc1ccccc1. The Hall–Kier alpha value is -1.41. The molecule has 0 bridgehead atoms. The number of hydrogen-bond donors (Lipinski definition) is 1. The van der Waals surface area contributed by atoms with E-state index in [0.29, 0.717) is 6.61 Å². The summed E-state index contributed by atoms with van der Waals surface area (Å²) >= 11 is 0. The van der Waals surface area contributed by atoms with E-state index in [0.717, 1.165) is 5.56 Å². The molecular weight excluding hydrogens is 386 g/mol. The Labute approximate surface area is 176 Å². The second-order valence-electron chi connectivity index (χ2n) is 9.69. The van der Waals surface area contributed by atoms with Crippen molar-refractivity contribution in [2.45, 2.75) is 90.3 Å². The second kappa shape index (κ2) is 9.16. The van der Waals surface area contributed by atoms with Crippen molar-refractivity contribution >= 4 is 14.4 Å². The lowest BCUT2D eigenvalue weighted by molar-refractivity contribution is -0.148. The molecule has 7 heteroatoms. The van der Waals surface area contributed by atoms with Crippen LogP contribution in [0.15, 0.2) is 30.3 Å². The van der Waals surface area contributed by atoms with Crippen LogP contribution in [0.4, 0.5) is 4.79 Å². The van der Waals surface area contributed by atoms with Gasteiger partial charge in [-0.05, 0) is 44.5 Å². The minimum Gasteiger partial charge on any atom is -0.445 e. The van der Waals surface area contributed by atoms with Crippen LogP contribution in [0.5, 0.6) is 0 Å². The molecule has 164 valence electrons. The van der Waals surface area contributed by atoms with Crippen molar-refractivity contribution in [3.8, 4) is 0 Å². The molecule has 0 unspecified atom stereocenters. The highest BCUT2D eigenvalue weighted by Gasteiger charge is 2.45. The molecule has 0 spiro atoms. The first-order chi connectivity index (χ1) is 13.3. The maximum atomic E-state index is 12.5. The van der Waals surface area contributed by atoms with Gasteiger partial charge in [0.1, 0.15) is 12.7 Å². The van der Waals surface area contributed by atoms with Gasteiger partial charge in [0, 0.05) is 0 Å². The highest BCUT2D eigenvalue weighted by Crippen LogP contribution is 2.37. The lowest BCUT2D eigenvalue weighted by Gasteiger charge is -2.38. The van der Waals surface area contributed by atoms with Crippen molar-refractivity contribution < 1.29 is 23.4 Å². The van der Waals surface area contributed by atoms with Crippen LogP contribution in [-0.2, 0) is 25.2 Å². The molecule has 1 saturated heterocycles. The highest BCUT2D eigenvalue weighted by atomic mass is 28.4. The monoisotopic (exact) mass is 423 g/mol. The van der Waals surface area contributed by atoms with Crippen molar-refractivity contribution in [2.75, 3.05) is 6.61 Å². The number of alkyl carbamates (subject to hydrolysis) is 1. The molecule has 1 aliphatic rings. The fraction of sp³-hybridized carbons (Fsp3) is 0.682. The summed E-state index contributed by atoms with van der Waals surface area (Å²) in [5.41, 5.74) is 0.937. The number of rotatable bonds is 7. The lowest BCUT2D eigenvalue weighted by atomic mass is 10.1. The van der Waals surface area contributed by atoms with Gasteiger partial charge in [0.25, 0.3) is 0 Å². The number of hydrogen-bond acceptors (Lipinski definition) is 5.